The average Bonchev–Trinajstić information content (AvgIpc) is 3.42. The molecule has 156 valence electrons. The van der Waals surface area contributed by atoms with E-state index in [0.29, 0.717) is 23.7 Å². The highest BCUT2D eigenvalue weighted by molar-refractivity contribution is 6.34. The van der Waals surface area contributed by atoms with Crippen molar-refractivity contribution in [1.29, 1.82) is 0 Å². The Morgan fingerprint density at radius 3 is 2.65 bits per heavy atom. The zero-order valence-electron chi connectivity index (χ0n) is 16.4. The Hall–Kier alpha value is -3.84. The van der Waals surface area contributed by atoms with Gasteiger partial charge in [0, 0.05) is 19.0 Å². The quantitative estimate of drug-likeness (QED) is 0.383. The molecule has 0 fully saturated rings. The van der Waals surface area contributed by atoms with Crippen molar-refractivity contribution in [2.24, 2.45) is 0 Å². The van der Waals surface area contributed by atoms with Gasteiger partial charge in [-0.2, -0.15) is 0 Å². The minimum Gasteiger partial charge on any atom is -0.465 e. The van der Waals surface area contributed by atoms with Crippen molar-refractivity contribution in [1.82, 2.24) is 20.6 Å². The number of para-hydroxylation sites is 2. The van der Waals surface area contributed by atoms with E-state index in [1.807, 2.05) is 24.3 Å². The topological polar surface area (TPSA) is 100 Å². The fourth-order valence-corrected chi connectivity index (χ4v) is 3.24. The summed E-state index contributed by atoms with van der Waals surface area (Å²) < 4.78 is 5.28. The molecule has 2 aromatic heterocycles. The lowest BCUT2D eigenvalue weighted by atomic mass is 10.2. The highest BCUT2D eigenvalue weighted by Crippen LogP contribution is 2.16. The summed E-state index contributed by atoms with van der Waals surface area (Å²) in [6, 6.07) is 17.7. The van der Waals surface area contributed by atoms with Gasteiger partial charge in [0.2, 0.25) is 0 Å². The number of aromatic nitrogens is 2. The summed E-state index contributed by atoms with van der Waals surface area (Å²) in [5.41, 5.74) is 2.12. The standard InChI is InChI=1S/C23H19ClN4O3/c24-17-8-2-1-7-16(17)22(29)28-20(14-15-6-5-13-31-15)23(30)25-12-11-21-26-18-9-3-4-10-19(18)27-21/h1-10,13-14H,11-12H2,(H,25,30)(H,26,27)(H,28,29). The molecule has 0 aliphatic carbocycles. The number of benzene rings is 2. The Balaban J connectivity index is 1.45. The molecule has 0 radical (unpaired) electrons. The van der Waals surface area contributed by atoms with Crippen LogP contribution in [0.15, 0.2) is 77.0 Å². The van der Waals surface area contributed by atoms with Crippen molar-refractivity contribution < 1.29 is 14.0 Å². The molecule has 0 spiro atoms. The van der Waals surface area contributed by atoms with E-state index >= 15 is 0 Å². The molecule has 7 nitrogen and oxygen atoms in total. The van der Waals surface area contributed by atoms with Crippen LogP contribution in [0, 0.1) is 0 Å². The van der Waals surface area contributed by atoms with Crippen molar-refractivity contribution >= 4 is 40.5 Å². The number of imidazole rings is 1. The molecule has 4 rings (SSSR count). The smallest absolute Gasteiger partial charge is 0.267 e. The van der Waals surface area contributed by atoms with Crippen LogP contribution in [0.2, 0.25) is 5.02 Å². The summed E-state index contributed by atoms with van der Waals surface area (Å²) >= 11 is 6.10. The van der Waals surface area contributed by atoms with Gasteiger partial charge in [0.05, 0.1) is 27.9 Å². The van der Waals surface area contributed by atoms with Crippen LogP contribution in [-0.2, 0) is 11.2 Å². The minimum atomic E-state index is -0.490. The van der Waals surface area contributed by atoms with Crippen LogP contribution in [0.3, 0.4) is 0 Å². The van der Waals surface area contributed by atoms with Gasteiger partial charge >= 0.3 is 0 Å². The Labute approximate surface area is 183 Å². The molecule has 31 heavy (non-hydrogen) atoms. The van der Waals surface area contributed by atoms with Crippen LogP contribution < -0.4 is 10.6 Å². The molecule has 0 aliphatic heterocycles. The third-order valence-corrected chi connectivity index (χ3v) is 4.86. The van der Waals surface area contributed by atoms with Crippen LogP contribution in [-0.4, -0.2) is 28.3 Å². The molecular weight excluding hydrogens is 416 g/mol. The normalized spacial score (nSPS) is 11.5. The third-order valence-electron chi connectivity index (χ3n) is 4.53. The number of carbonyl (C=O) groups is 2. The van der Waals surface area contributed by atoms with E-state index in [9.17, 15) is 9.59 Å². The van der Waals surface area contributed by atoms with Crippen LogP contribution in [0.5, 0.6) is 0 Å². The molecule has 3 N–H and O–H groups in total. The maximum Gasteiger partial charge on any atom is 0.267 e. The van der Waals surface area contributed by atoms with Gasteiger partial charge < -0.3 is 20.0 Å². The van der Waals surface area contributed by atoms with Gasteiger partial charge in [-0.3, -0.25) is 9.59 Å². The van der Waals surface area contributed by atoms with Crippen molar-refractivity contribution in [2.75, 3.05) is 6.54 Å². The maximum absolute atomic E-state index is 12.8. The molecule has 0 atom stereocenters. The summed E-state index contributed by atoms with van der Waals surface area (Å²) in [6.07, 6.45) is 3.46. The van der Waals surface area contributed by atoms with Crippen LogP contribution in [0.4, 0.5) is 0 Å². The average molecular weight is 435 g/mol. The fraction of sp³-hybridized carbons (Fsp3) is 0.0870. The van der Waals surface area contributed by atoms with E-state index in [1.165, 1.54) is 12.3 Å². The van der Waals surface area contributed by atoms with Gasteiger partial charge in [-0.15, -0.1) is 0 Å². The Kier molecular flexibility index (Phi) is 6.14. The lowest BCUT2D eigenvalue weighted by Crippen LogP contribution is -2.36. The number of amides is 2. The third kappa shape index (κ3) is 5.02. The second-order valence-corrected chi connectivity index (χ2v) is 7.12. The zero-order valence-corrected chi connectivity index (χ0v) is 17.1. The highest BCUT2D eigenvalue weighted by atomic mass is 35.5. The first-order chi connectivity index (χ1) is 15.1. The van der Waals surface area contributed by atoms with Crippen molar-refractivity contribution in [2.45, 2.75) is 6.42 Å². The molecule has 8 heteroatoms. The van der Waals surface area contributed by atoms with Crippen molar-refractivity contribution in [3.63, 3.8) is 0 Å². The zero-order chi connectivity index (χ0) is 21.6. The summed E-state index contributed by atoms with van der Waals surface area (Å²) in [6.45, 7) is 0.329. The number of nitrogens with one attached hydrogen (secondary N) is 3. The van der Waals surface area contributed by atoms with Crippen molar-refractivity contribution in [3.8, 4) is 0 Å². The van der Waals surface area contributed by atoms with Gasteiger partial charge in [0.15, 0.2) is 0 Å². The Morgan fingerprint density at radius 1 is 1.06 bits per heavy atom. The van der Waals surface area contributed by atoms with Crippen LogP contribution >= 0.6 is 11.6 Å². The molecule has 4 aromatic rings. The van der Waals surface area contributed by atoms with E-state index in [-0.39, 0.29) is 11.3 Å². The number of hydrogen-bond donors (Lipinski definition) is 3. The van der Waals surface area contributed by atoms with Gasteiger partial charge in [0.1, 0.15) is 17.3 Å². The predicted molar refractivity (Wildman–Crippen MR) is 118 cm³/mol. The second kappa shape index (κ2) is 9.32. The summed E-state index contributed by atoms with van der Waals surface area (Å²) in [5, 5.41) is 5.72. The van der Waals surface area contributed by atoms with Gasteiger partial charge in [-0.1, -0.05) is 35.9 Å². The number of aromatic amines is 1. The number of fused-ring (bicyclic) bond motifs is 1. The number of carbonyl (C=O) groups excluding carboxylic acids is 2. The van der Waals surface area contributed by atoms with E-state index in [4.69, 9.17) is 16.0 Å². The molecular formula is C23H19ClN4O3. The number of H-pyrrole nitrogens is 1. The van der Waals surface area contributed by atoms with E-state index in [0.717, 1.165) is 16.9 Å². The largest absolute Gasteiger partial charge is 0.465 e. The molecule has 0 saturated heterocycles. The highest BCUT2D eigenvalue weighted by Gasteiger charge is 2.17. The monoisotopic (exact) mass is 434 g/mol. The molecule has 2 aromatic carbocycles. The van der Waals surface area contributed by atoms with Crippen LogP contribution in [0.25, 0.3) is 17.1 Å². The first-order valence-electron chi connectivity index (χ1n) is 9.63. The molecule has 0 aliphatic rings. The number of rotatable bonds is 7. The Bertz CT molecular complexity index is 1210. The molecule has 0 bridgehead atoms. The first kappa shape index (κ1) is 20.4. The minimum absolute atomic E-state index is 0.0458. The van der Waals surface area contributed by atoms with E-state index in [1.54, 1.807) is 36.4 Å². The van der Waals surface area contributed by atoms with Crippen molar-refractivity contribution in [3.05, 3.63) is 94.8 Å². The number of hydrogen-bond acceptors (Lipinski definition) is 4. The first-order valence-corrected chi connectivity index (χ1v) is 10.0. The van der Waals surface area contributed by atoms with E-state index < -0.39 is 11.8 Å². The fourth-order valence-electron chi connectivity index (χ4n) is 3.02. The molecule has 0 saturated carbocycles. The number of nitrogens with zero attached hydrogens (tertiary/aromatic N) is 1. The lowest BCUT2D eigenvalue weighted by Gasteiger charge is -2.11. The van der Waals surface area contributed by atoms with Gasteiger partial charge in [0.25, 0.3) is 11.8 Å². The Morgan fingerprint density at radius 2 is 1.87 bits per heavy atom. The maximum atomic E-state index is 12.8. The molecule has 0 unspecified atom stereocenters. The summed E-state index contributed by atoms with van der Waals surface area (Å²) in [7, 11) is 0. The number of halogens is 1. The van der Waals surface area contributed by atoms with Gasteiger partial charge in [-0.25, -0.2) is 4.98 Å². The second-order valence-electron chi connectivity index (χ2n) is 6.71. The number of furan rings is 1. The molecule has 2 heterocycles. The van der Waals surface area contributed by atoms with Gasteiger partial charge in [-0.05, 0) is 36.4 Å². The lowest BCUT2D eigenvalue weighted by molar-refractivity contribution is -0.117. The summed E-state index contributed by atoms with van der Waals surface area (Å²) in [5.74, 6) is 0.254. The molecule has 2 amide bonds. The SMILES string of the molecule is O=C(NCCc1nc2ccccc2[nH]1)C(=Cc1ccco1)NC(=O)c1ccccc1Cl. The van der Waals surface area contributed by atoms with Crippen LogP contribution in [0.1, 0.15) is 21.9 Å². The summed E-state index contributed by atoms with van der Waals surface area (Å²) in [4.78, 5) is 33.1. The van der Waals surface area contributed by atoms with E-state index in [2.05, 4.69) is 20.6 Å². The predicted octanol–water partition coefficient (Wildman–Crippen LogP) is 3.94.